The molecule has 1 saturated heterocycles. The van der Waals surface area contributed by atoms with E-state index in [9.17, 15) is 27.9 Å². The number of anilines is 1. The number of nitrogens with zero attached hydrogens (tertiary/aromatic N) is 3. The van der Waals surface area contributed by atoms with Gasteiger partial charge in [-0.25, -0.2) is 4.98 Å². The minimum Gasteiger partial charge on any atom is -0.506 e. The number of hydrogen-bond donors (Lipinski definition) is 3. The van der Waals surface area contributed by atoms with Crippen molar-refractivity contribution in [2.24, 2.45) is 0 Å². The maximum Gasteiger partial charge on any atom is 0.435 e. The first-order valence-electron chi connectivity index (χ1n) is 12.0. The Morgan fingerprint density at radius 1 is 1.24 bits per heavy atom. The van der Waals surface area contributed by atoms with Crippen LogP contribution in [0.1, 0.15) is 73.8 Å². The van der Waals surface area contributed by atoms with Gasteiger partial charge in [-0.15, -0.1) is 0 Å². The van der Waals surface area contributed by atoms with Gasteiger partial charge in [0.05, 0.1) is 18.3 Å². The molecule has 3 N–H and O–H groups in total. The van der Waals surface area contributed by atoms with Gasteiger partial charge in [-0.3, -0.25) is 9.59 Å². The normalized spacial score (nSPS) is 14.5. The summed E-state index contributed by atoms with van der Waals surface area (Å²) in [4.78, 5) is 30.0. The second-order valence-corrected chi connectivity index (χ2v) is 10.6. The Morgan fingerprint density at radius 3 is 2.38 bits per heavy atom. The van der Waals surface area contributed by atoms with Gasteiger partial charge in [0, 0.05) is 19.1 Å². The van der Waals surface area contributed by atoms with Crippen molar-refractivity contribution in [2.75, 3.05) is 18.4 Å². The summed E-state index contributed by atoms with van der Waals surface area (Å²) < 4.78 is 43.2. The lowest BCUT2D eigenvalue weighted by molar-refractivity contribution is -0.141. The van der Waals surface area contributed by atoms with Gasteiger partial charge in [0.25, 0.3) is 5.91 Å². The third kappa shape index (κ3) is 5.91. The van der Waals surface area contributed by atoms with Gasteiger partial charge in [0.1, 0.15) is 17.3 Å². The number of carbonyl (C=O) groups is 2. The number of imidazole rings is 1. The largest absolute Gasteiger partial charge is 0.506 e. The van der Waals surface area contributed by atoms with E-state index < -0.39 is 35.6 Å². The number of halogens is 3. The third-order valence-corrected chi connectivity index (χ3v) is 6.27. The van der Waals surface area contributed by atoms with Crippen LogP contribution < -0.4 is 10.6 Å². The van der Waals surface area contributed by atoms with Gasteiger partial charge in [0.15, 0.2) is 5.69 Å². The summed E-state index contributed by atoms with van der Waals surface area (Å²) in [5, 5.41) is 16.0. The second-order valence-electron chi connectivity index (χ2n) is 10.6. The van der Waals surface area contributed by atoms with Gasteiger partial charge >= 0.3 is 6.18 Å². The summed E-state index contributed by atoms with van der Waals surface area (Å²) in [6, 6.07) is 2.39. The summed E-state index contributed by atoms with van der Waals surface area (Å²) in [6.07, 6.45) is -3.72. The lowest BCUT2D eigenvalue weighted by atomic mass is 9.83. The average Bonchev–Trinajstić information content (AvgIpc) is 3.14. The molecular formula is C26H34F3N5O3. The van der Waals surface area contributed by atoms with E-state index in [1.807, 2.05) is 27.7 Å². The molecule has 202 valence electrons. The SMILES string of the molecule is C=CC(=O)N1CC(NC(=O)c2c(C(F)(F)F)nc(CNc3cc(C(C)(C)C)c(C)cc3O)n2C(C)C)C1. The van der Waals surface area contributed by atoms with Crippen molar-refractivity contribution in [3.05, 3.63) is 53.1 Å². The van der Waals surface area contributed by atoms with Crippen molar-refractivity contribution in [2.45, 2.75) is 71.8 Å². The molecule has 0 saturated carbocycles. The first-order chi connectivity index (χ1) is 17.0. The van der Waals surface area contributed by atoms with Crippen LogP contribution >= 0.6 is 0 Å². The molecule has 1 aromatic heterocycles. The minimum absolute atomic E-state index is 0.00169. The monoisotopic (exact) mass is 521 g/mol. The zero-order valence-corrected chi connectivity index (χ0v) is 22.0. The predicted molar refractivity (Wildman–Crippen MR) is 135 cm³/mol. The van der Waals surface area contributed by atoms with Crippen molar-refractivity contribution >= 4 is 17.5 Å². The van der Waals surface area contributed by atoms with Crippen LogP contribution in [0.5, 0.6) is 5.75 Å². The number of nitrogens with one attached hydrogen (secondary N) is 2. The molecule has 2 aromatic rings. The molecule has 0 aliphatic carbocycles. The van der Waals surface area contributed by atoms with Crippen LogP contribution in [0.3, 0.4) is 0 Å². The first kappa shape index (κ1) is 28.1. The highest BCUT2D eigenvalue weighted by Crippen LogP contribution is 2.36. The summed E-state index contributed by atoms with van der Waals surface area (Å²) in [7, 11) is 0. The zero-order chi connectivity index (χ0) is 27.9. The fraction of sp³-hybridized carbons (Fsp3) is 0.500. The van der Waals surface area contributed by atoms with Gasteiger partial charge in [-0.2, -0.15) is 13.2 Å². The number of phenols is 1. The van der Waals surface area contributed by atoms with Crippen LogP contribution in [-0.4, -0.2) is 50.5 Å². The molecule has 2 heterocycles. The number of aromatic hydroxyl groups is 1. The van der Waals surface area contributed by atoms with Gasteiger partial charge in [-0.05, 0) is 55.5 Å². The van der Waals surface area contributed by atoms with E-state index in [-0.39, 0.29) is 42.5 Å². The van der Waals surface area contributed by atoms with Crippen LogP contribution in [0.15, 0.2) is 24.8 Å². The molecule has 0 radical (unpaired) electrons. The molecule has 0 unspecified atom stereocenters. The molecular weight excluding hydrogens is 487 g/mol. The number of likely N-dealkylation sites (tertiary alicyclic amines) is 1. The van der Waals surface area contributed by atoms with E-state index in [2.05, 4.69) is 22.2 Å². The lowest BCUT2D eigenvalue weighted by Crippen LogP contribution is -2.60. The maximum atomic E-state index is 14.0. The highest BCUT2D eigenvalue weighted by Gasteiger charge is 2.42. The van der Waals surface area contributed by atoms with E-state index in [0.717, 1.165) is 17.2 Å². The Balaban J connectivity index is 1.93. The maximum absolute atomic E-state index is 14.0. The van der Waals surface area contributed by atoms with Gasteiger partial charge in [-0.1, -0.05) is 27.4 Å². The molecule has 0 spiro atoms. The zero-order valence-electron chi connectivity index (χ0n) is 22.0. The Labute approximate surface area is 214 Å². The second kappa shape index (κ2) is 10.1. The van der Waals surface area contributed by atoms with Crippen LogP contribution in [-0.2, 0) is 22.9 Å². The number of alkyl halides is 3. The molecule has 11 heteroatoms. The third-order valence-electron chi connectivity index (χ3n) is 6.27. The number of benzene rings is 1. The van der Waals surface area contributed by atoms with E-state index >= 15 is 0 Å². The number of phenolic OH excluding ortho intramolecular Hbond substituents is 1. The Kier molecular flexibility index (Phi) is 7.67. The predicted octanol–water partition coefficient (Wildman–Crippen LogP) is 4.53. The van der Waals surface area contributed by atoms with Crippen LogP contribution in [0.25, 0.3) is 0 Å². The summed E-state index contributed by atoms with van der Waals surface area (Å²) >= 11 is 0. The van der Waals surface area contributed by atoms with Gasteiger partial charge in [0.2, 0.25) is 5.91 Å². The highest BCUT2D eigenvalue weighted by molar-refractivity contribution is 5.95. The van der Waals surface area contributed by atoms with Crippen LogP contribution in [0.2, 0.25) is 0 Å². The molecule has 2 amide bonds. The summed E-state index contributed by atoms with van der Waals surface area (Å²) in [5.41, 5.74) is 0.137. The van der Waals surface area contributed by atoms with Crippen molar-refractivity contribution < 1.29 is 27.9 Å². The summed E-state index contributed by atoms with van der Waals surface area (Å²) in [6.45, 7) is 14.9. The molecule has 1 aromatic carbocycles. The number of hydrogen-bond acceptors (Lipinski definition) is 5. The van der Waals surface area contributed by atoms with Crippen LogP contribution in [0, 0.1) is 6.92 Å². The molecule has 0 bridgehead atoms. The van der Waals surface area contributed by atoms with Crippen molar-refractivity contribution in [1.82, 2.24) is 19.8 Å². The highest BCUT2D eigenvalue weighted by atomic mass is 19.4. The van der Waals surface area contributed by atoms with Crippen molar-refractivity contribution in [3.63, 3.8) is 0 Å². The first-order valence-corrected chi connectivity index (χ1v) is 12.0. The number of amides is 2. The molecule has 3 rings (SSSR count). The molecule has 1 aliphatic heterocycles. The van der Waals surface area contributed by atoms with E-state index in [4.69, 9.17) is 0 Å². The molecule has 0 atom stereocenters. The topological polar surface area (TPSA) is 99.5 Å². The fourth-order valence-corrected chi connectivity index (χ4v) is 4.52. The van der Waals surface area contributed by atoms with E-state index in [0.29, 0.717) is 5.69 Å². The van der Waals surface area contributed by atoms with Crippen LogP contribution in [0.4, 0.5) is 18.9 Å². The van der Waals surface area contributed by atoms with E-state index in [1.165, 1.54) is 9.47 Å². The number of aryl methyl sites for hydroxylation is 1. The Bertz CT molecular complexity index is 1210. The number of rotatable bonds is 7. The molecule has 8 nitrogen and oxygen atoms in total. The fourth-order valence-electron chi connectivity index (χ4n) is 4.52. The summed E-state index contributed by atoms with van der Waals surface area (Å²) in [5.74, 6) is -1.26. The van der Waals surface area contributed by atoms with Gasteiger partial charge < -0.3 is 25.2 Å². The number of carbonyl (C=O) groups excluding carboxylic acids is 2. The molecule has 1 aliphatic rings. The molecule has 1 fully saturated rings. The quantitative estimate of drug-likeness (QED) is 0.367. The van der Waals surface area contributed by atoms with Crippen molar-refractivity contribution in [3.8, 4) is 5.75 Å². The minimum atomic E-state index is -4.86. The Morgan fingerprint density at radius 2 is 1.86 bits per heavy atom. The molecule has 37 heavy (non-hydrogen) atoms. The standard InChI is InChI=1S/C26H34F3N5O3/c1-8-21(36)33-12-16(13-33)31-24(37)22-23(26(27,28)29)32-20(34(22)14(2)3)11-30-18-10-17(25(5,6)7)15(4)9-19(18)35/h8-10,14,16,30,35H,1,11-13H2,2-7H3,(H,31,37). The van der Waals surface area contributed by atoms with E-state index in [1.54, 1.807) is 26.0 Å². The average molecular weight is 522 g/mol. The lowest BCUT2D eigenvalue weighted by Gasteiger charge is -2.39. The van der Waals surface area contributed by atoms with Crippen molar-refractivity contribution in [1.29, 1.82) is 0 Å². The smallest absolute Gasteiger partial charge is 0.435 e. The Hall–Kier alpha value is -3.50. The number of aromatic nitrogens is 2.